The van der Waals surface area contributed by atoms with E-state index >= 15 is 0 Å². The monoisotopic (exact) mass is 467 g/mol. The predicted octanol–water partition coefficient (Wildman–Crippen LogP) is 2.37. The summed E-state index contributed by atoms with van der Waals surface area (Å²) in [5.41, 5.74) is 14.6. The van der Waals surface area contributed by atoms with Crippen molar-refractivity contribution in [2.24, 2.45) is 16.5 Å². The summed E-state index contributed by atoms with van der Waals surface area (Å²) in [4.78, 5) is 31.1. The minimum absolute atomic E-state index is 0.0599. The average molecular weight is 468 g/mol. The molecule has 0 aromatic heterocycles. The third kappa shape index (κ3) is 6.95. The third-order valence-corrected chi connectivity index (χ3v) is 5.62. The van der Waals surface area contributed by atoms with Gasteiger partial charge in [-0.1, -0.05) is 36.4 Å². The molecule has 9 nitrogen and oxygen atoms in total. The Morgan fingerprint density at radius 1 is 1.06 bits per heavy atom. The van der Waals surface area contributed by atoms with E-state index in [1.165, 1.54) is 0 Å². The molecule has 3 amide bonds. The zero-order valence-corrected chi connectivity index (χ0v) is 19.8. The Morgan fingerprint density at radius 2 is 1.79 bits per heavy atom. The van der Waals surface area contributed by atoms with Gasteiger partial charge < -0.3 is 30.7 Å². The van der Waals surface area contributed by atoms with E-state index in [9.17, 15) is 9.59 Å². The van der Waals surface area contributed by atoms with Gasteiger partial charge in [0, 0.05) is 58.8 Å². The minimum atomic E-state index is -0.357. The molecule has 2 aromatic rings. The molecular weight excluding hydrogens is 434 g/mol. The molecule has 3 rings (SSSR count). The molecule has 1 fully saturated rings. The SMILES string of the molecule is COCCCOc1cc(CCC(=O)N=C(N)N)ccc1-c1ccc(CN2CCN(C)C2=O)cc1. The van der Waals surface area contributed by atoms with Gasteiger partial charge in [0.2, 0.25) is 5.91 Å². The van der Waals surface area contributed by atoms with Crippen LogP contribution in [0.3, 0.4) is 0 Å². The zero-order valence-electron chi connectivity index (χ0n) is 19.8. The Morgan fingerprint density at radius 3 is 2.44 bits per heavy atom. The van der Waals surface area contributed by atoms with Gasteiger partial charge in [-0.25, -0.2) is 4.79 Å². The van der Waals surface area contributed by atoms with Crippen LogP contribution in [0.1, 0.15) is 24.0 Å². The van der Waals surface area contributed by atoms with Gasteiger partial charge >= 0.3 is 6.03 Å². The summed E-state index contributed by atoms with van der Waals surface area (Å²) in [7, 11) is 3.48. The average Bonchev–Trinajstić information content (AvgIpc) is 3.13. The van der Waals surface area contributed by atoms with Crippen LogP contribution in [0.25, 0.3) is 11.1 Å². The van der Waals surface area contributed by atoms with E-state index in [1.54, 1.807) is 12.0 Å². The van der Waals surface area contributed by atoms with Crippen LogP contribution in [-0.4, -0.2) is 68.2 Å². The molecule has 0 unspecified atom stereocenters. The number of carbonyl (C=O) groups excluding carboxylic acids is 2. The highest BCUT2D eigenvalue weighted by Gasteiger charge is 2.25. The number of ether oxygens (including phenoxy) is 2. The molecule has 2 aromatic carbocycles. The summed E-state index contributed by atoms with van der Waals surface area (Å²) in [6.45, 7) is 3.21. The fraction of sp³-hybridized carbons (Fsp3) is 0.400. The lowest BCUT2D eigenvalue weighted by atomic mass is 9.99. The van der Waals surface area contributed by atoms with E-state index in [1.807, 2.05) is 54.4 Å². The molecule has 0 spiro atoms. The first-order valence-corrected chi connectivity index (χ1v) is 11.3. The zero-order chi connectivity index (χ0) is 24.5. The van der Waals surface area contributed by atoms with Crippen molar-refractivity contribution in [3.8, 4) is 16.9 Å². The topological polar surface area (TPSA) is 123 Å². The Kier molecular flexibility index (Phi) is 8.86. The number of rotatable bonds is 11. The highest BCUT2D eigenvalue weighted by atomic mass is 16.5. The van der Waals surface area contributed by atoms with Gasteiger partial charge in [-0.15, -0.1) is 0 Å². The molecular formula is C25H33N5O4. The molecule has 1 aliphatic heterocycles. The van der Waals surface area contributed by atoms with Gasteiger partial charge in [0.15, 0.2) is 5.96 Å². The second kappa shape index (κ2) is 12.0. The highest BCUT2D eigenvalue weighted by molar-refractivity contribution is 5.91. The molecule has 0 radical (unpaired) electrons. The number of aryl methyl sites for hydroxylation is 1. The van der Waals surface area contributed by atoms with Crippen LogP contribution in [0.2, 0.25) is 0 Å². The van der Waals surface area contributed by atoms with Crippen LogP contribution in [0.5, 0.6) is 5.75 Å². The number of aliphatic imine (C=N–C) groups is 1. The maximum absolute atomic E-state index is 12.2. The van der Waals surface area contributed by atoms with E-state index < -0.39 is 0 Å². The summed E-state index contributed by atoms with van der Waals surface area (Å²) >= 11 is 0. The second-order valence-electron chi connectivity index (χ2n) is 8.28. The highest BCUT2D eigenvalue weighted by Crippen LogP contribution is 2.32. The number of likely N-dealkylation sites (N-methyl/N-ethyl adjacent to an activating group) is 1. The number of carbonyl (C=O) groups is 2. The number of guanidine groups is 1. The number of methoxy groups -OCH3 is 1. The van der Waals surface area contributed by atoms with Crippen molar-refractivity contribution in [2.75, 3.05) is 40.5 Å². The van der Waals surface area contributed by atoms with Crippen LogP contribution in [0, 0.1) is 0 Å². The number of urea groups is 1. The summed E-state index contributed by atoms with van der Waals surface area (Å²) < 4.78 is 11.2. The largest absolute Gasteiger partial charge is 0.493 e. The molecule has 0 bridgehead atoms. The molecule has 1 saturated heterocycles. The quantitative estimate of drug-likeness (QED) is 0.297. The second-order valence-corrected chi connectivity index (χ2v) is 8.28. The van der Waals surface area contributed by atoms with E-state index in [0.29, 0.717) is 26.2 Å². The van der Waals surface area contributed by atoms with E-state index in [2.05, 4.69) is 4.99 Å². The molecule has 0 saturated carbocycles. The first-order chi connectivity index (χ1) is 16.4. The van der Waals surface area contributed by atoms with Gasteiger partial charge in [0.1, 0.15) is 5.75 Å². The lowest BCUT2D eigenvalue weighted by Gasteiger charge is -2.17. The number of hydrogen-bond donors (Lipinski definition) is 2. The molecule has 182 valence electrons. The minimum Gasteiger partial charge on any atom is -0.493 e. The van der Waals surface area contributed by atoms with Crippen LogP contribution in [0.15, 0.2) is 47.5 Å². The molecule has 0 atom stereocenters. The van der Waals surface area contributed by atoms with Crippen molar-refractivity contribution in [1.82, 2.24) is 9.80 Å². The van der Waals surface area contributed by atoms with Crippen molar-refractivity contribution < 1.29 is 19.1 Å². The molecule has 9 heteroatoms. The number of nitrogens with two attached hydrogens (primary N) is 2. The molecule has 1 aliphatic rings. The predicted molar refractivity (Wildman–Crippen MR) is 131 cm³/mol. The normalized spacial score (nSPS) is 13.3. The summed E-state index contributed by atoms with van der Waals surface area (Å²) in [5, 5.41) is 0. The van der Waals surface area contributed by atoms with Gasteiger partial charge in [-0.3, -0.25) is 4.79 Å². The molecule has 34 heavy (non-hydrogen) atoms. The number of amides is 3. The van der Waals surface area contributed by atoms with Crippen LogP contribution >= 0.6 is 0 Å². The summed E-state index contributed by atoms with van der Waals surface area (Å²) in [6.07, 6.45) is 1.47. The fourth-order valence-corrected chi connectivity index (χ4v) is 3.78. The lowest BCUT2D eigenvalue weighted by Crippen LogP contribution is -2.28. The Hall–Kier alpha value is -3.59. The summed E-state index contributed by atoms with van der Waals surface area (Å²) in [5.74, 6) is 0.156. The van der Waals surface area contributed by atoms with Crippen molar-refractivity contribution in [1.29, 1.82) is 0 Å². The van der Waals surface area contributed by atoms with E-state index in [0.717, 1.165) is 47.5 Å². The van der Waals surface area contributed by atoms with Gasteiger partial charge in [0.25, 0.3) is 0 Å². The third-order valence-electron chi connectivity index (χ3n) is 5.62. The number of hydrogen-bond acceptors (Lipinski definition) is 4. The molecule has 1 heterocycles. The lowest BCUT2D eigenvalue weighted by molar-refractivity contribution is -0.117. The number of nitrogens with zero attached hydrogens (tertiary/aromatic N) is 3. The van der Waals surface area contributed by atoms with E-state index in [4.69, 9.17) is 20.9 Å². The maximum Gasteiger partial charge on any atom is 0.320 e. The van der Waals surface area contributed by atoms with Gasteiger partial charge in [0.05, 0.1) is 6.61 Å². The van der Waals surface area contributed by atoms with Crippen molar-refractivity contribution in [2.45, 2.75) is 25.8 Å². The van der Waals surface area contributed by atoms with Crippen LogP contribution in [-0.2, 0) is 22.5 Å². The Balaban J connectivity index is 1.74. The standard InChI is InChI=1S/C25H33N5O4/c1-29-12-13-30(25(29)32)17-19-4-8-20(9-5-19)21-10-6-18(7-11-23(31)28-24(26)27)16-22(21)34-15-3-14-33-2/h4-6,8-10,16H,3,7,11-15,17H2,1-2H3,(H4,26,27,28,31). The van der Waals surface area contributed by atoms with Crippen LogP contribution < -0.4 is 16.2 Å². The first-order valence-electron chi connectivity index (χ1n) is 11.3. The van der Waals surface area contributed by atoms with Crippen LogP contribution in [0.4, 0.5) is 4.79 Å². The van der Waals surface area contributed by atoms with Crippen molar-refractivity contribution in [3.05, 3.63) is 53.6 Å². The smallest absolute Gasteiger partial charge is 0.320 e. The van der Waals surface area contributed by atoms with Crippen molar-refractivity contribution >= 4 is 17.9 Å². The first kappa shape index (κ1) is 25.0. The molecule has 4 N–H and O–H groups in total. The fourth-order valence-electron chi connectivity index (χ4n) is 3.78. The maximum atomic E-state index is 12.2. The number of benzene rings is 2. The van der Waals surface area contributed by atoms with Crippen molar-refractivity contribution in [3.63, 3.8) is 0 Å². The Bertz CT molecular complexity index is 1020. The Labute approximate surface area is 200 Å². The molecule has 0 aliphatic carbocycles. The summed E-state index contributed by atoms with van der Waals surface area (Å²) in [6, 6.07) is 14.2. The van der Waals surface area contributed by atoms with E-state index in [-0.39, 0.29) is 24.3 Å². The van der Waals surface area contributed by atoms with Gasteiger partial charge in [-0.2, -0.15) is 4.99 Å². The van der Waals surface area contributed by atoms with Gasteiger partial charge in [-0.05, 0) is 29.2 Å².